The number of hydrogen-bond donors (Lipinski definition) is 1. The highest BCUT2D eigenvalue weighted by atomic mass is 16.5. The Labute approximate surface area is 162 Å². The Hall–Kier alpha value is -2.04. The second-order valence-electron chi connectivity index (χ2n) is 8.09. The quantitative estimate of drug-likeness (QED) is 0.841. The Balaban J connectivity index is 1.52. The summed E-state index contributed by atoms with van der Waals surface area (Å²) in [7, 11) is 0. The number of amides is 2. The van der Waals surface area contributed by atoms with Gasteiger partial charge in [-0.05, 0) is 51.7 Å². The first kappa shape index (κ1) is 19.7. The van der Waals surface area contributed by atoms with Crippen LogP contribution < -0.4 is 10.1 Å². The summed E-state index contributed by atoms with van der Waals surface area (Å²) in [6, 6.07) is 7.55. The molecule has 1 aromatic carbocycles. The van der Waals surface area contributed by atoms with Gasteiger partial charge in [-0.25, -0.2) is 0 Å². The summed E-state index contributed by atoms with van der Waals surface area (Å²) in [4.78, 5) is 27.4. The molecule has 27 heavy (non-hydrogen) atoms. The minimum Gasteiger partial charge on any atom is -0.489 e. The fourth-order valence-corrected chi connectivity index (χ4v) is 4.13. The van der Waals surface area contributed by atoms with Crippen LogP contribution in [0.4, 0.5) is 5.69 Å². The molecule has 5 nitrogen and oxygen atoms in total. The molecular weight excluding hydrogens is 340 g/mol. The summed E-state index contributed by atoms with van der Waals surface area (Å²) < 4.78 is 5.78. The summed E-state index contributed by atoms with van der Waals surface area (Å²) >= 11 is 0. The van der Waals surface area contributed by atoms with E-state index in [4.69, 9.17) is 4.74 Å². The molecule has 1 saturated carbocycles. The van der Waals surface area contributed by atoms with E-state index in [2.05, 4.69) is 5.32 Å². The molecule has 1 aromatic rings. The minimum absolute atomic E-state index is 0.0274. The van der Waals surface area contributed by atoms with E-state index in [1.807, 2.05) is 43.0 Å². The van der Waals surface area contributed by atoms with Crippen LogP contribution >= 0.6 is 0 Å². The lowest BCUT2D eigenvalue weighted by Crippen LogP contribution is -2.44. The molecule has 0 radical (unpaired) electrons. The van der Waals surface area contributed by atoms with E-state index in [9.17, 15) is 9.59 Å². The number of nitrogens with zero attached hydrogens (tertiary/aromatic N) is 1. The molecule has 3 rings (SSSR count). The highest BCUT2D eigenvalue weighted by Crippen LogP contribution is 2.29. The van der Waals surface area contributed by atoms with Gasteiger partial charge in [-0.15, -0.1) is 0 Å². The van der Waals surface area contributed by atoms with Crippen molar-refractivity contribution in [1.29, 1.82) is 0 Å². The van der Waals surface area contributed by atoms with E-state index in [1.54, 1.807) is 0 Å². The molecule has 2 amide bonds. The average molecular weight is 373 g/mol. The normalized spacial score (nSPS) is 19.1. The molecule has 2 aliphatic rings. The second kappa shape index (κ2) is 9.25. The van der Waals surface area contributed by atoms with Crippen molar-refractivity contribution < 1.29 is 14.3 Å². The van der Waals surface area contributed by atoms with Crippen LogP contribution in [0.25, 0.3) is 0 Å². The van der Waals surface area contributed by atoms with E-state index in [0.717, 1.165) is 31.4 Å². The molecule has 5 heteroatoms. The van der Waals surface area contributed by atoms with Crippen LogP contribution in [-0.4, -0.2) is 35.9 Å². The first-order chi connectivity index (χ1) is 13.0. The maximum atomic E-state index is 12.7. The number of hydrogen-bond acceptors (Lipinski definition) is 3. The predicted octanol–water partition coefficient (Wildman–Crippen LogP) is 4.23. The Kier molecular flexibility index (Phi) is 6.75. The Morgan fingerprint density at radius 3 is 2.33 bits per heavy atom. The number of piperidine rings is 1. The number of para-hydroxylation sites is 2. The van der Waals surface area contributed by atoms with Gasteiger partial charge in [0, 0.05) is 24.9 Å². The first-order valence-electron chi connectivity index (χ1n) is 10.4. The molecule has 0 bridgehead atoms. The van der Waals surface area contributed by atoms with Crippen molar-refractivity contribution in [3.8, 4) is 5.75 Å². The number of likely N-dealkylation sites (tertiary alicyclic amines) is 1. The summed E-state index contributed by atoms with van der Waals surface area (Å²) in [5.41, 5.74) is 0.719. The van der Waals surface area contributed by atoms with Gasteiger partial charge in [0.2, 0.25) is 11.8 Å². The molecular formula is C22H32N2O3. The number of carbonyl (C=O) groups excluding carboxylic acids is 2. The molecule has 2 fully saturated rings. The molecule has 0 aromatic heterocycles. The second-order valence-corrected chi connectivity index (χ2v) is 8.09. The molecule has 1 aliphatic heterocycles. The molecule has 1 saturated heterocycles. The first-order valence-corrected chi connectivity index (χ1v) is 10.4. The van der Waals surface area contributed by atoms with Gasteiger partial charge in [0.1, 0.15) is 5.75 Å². The number of ether oxygens (including phenoxy) is 1. The molecule has 148 valence electrons. The van der Waals surface area contributed by atoms with Gasteiger partial charge < -0.3 is 15.0 Å². The third-order valence-corrected chi connectivity index (χ3v) is 5.64. The van der Waals surface area contributed by atoms with Crippen molar-refractivity contribution in [2.75, 3.05) is 18.4 Å². The van der Waals surface area contributed by atoms with Gasteiger partial charge in [0.25, 0.3) is 0 Å². The minimum atomic E-state index is -0.0486. The summed E-state index contributed by atoms with van der Waals surface area (Å²) in [6.45, 7) is 5.32. The maximum Gasteiger partial charge on any atom is 0.227 e. The van der Waals surface area contributed by atoms with Gasteiger partial charge in [-0.1, -0.05) is 31.4 Å². The van der Waals surface area contributed by atoms with Crippen LogP contribution in [0.15, 0.2) is 24.3 Å². The topological polar surface area (TPSA) is 58.6 Å². The van der Waals surface area contributed by atoms with E-state index in [-0.39, 0.29) is 23.8 Å². The van der Waals surface area contributed by atoms with Crippen molar-refractivity contribution >= 4 is 17.5 Å². The van der Waals surface area contributed by atoms with Crippen molar-refractivity contribution in [1.82, 2.24) is 4.90 Å². The number of benzene rings is 1. The highest BCUT2D eigenvalue weighted by molar-refractivity contribution is 5.94. The van der Waals surface area contributed by atoms with Gasteiger partial charge in [0.05, 0.1) is 11.8 Å². The van der Waals surface area contributed by atoms with E-state index in [0.29, 0.717) is 24.7 Å². The summed E-state index contributed by atoms with van der Waals surface area (Å²) in [6.07, 6.45) is 7.19. The largest absolute Gasteiger partial charge is 0.489 e. The number of carbonyl (C=O) groups is 2. The number of anilines is 1. The smallest absolute Gasteiger partial charge is 0.227 e. The van der Waals surface area contributed by atoms with Gasteiger partial charge in [-0.3, -0.25) is 9.59 Å². The van der Waals surface area contributed by atoms with E-state index in [1.165, 1.54) is 19.3 Å². The lowest BCUT2D eigenvalue weighted by Gasteiger charge is -2.34. The van der Waals surface area contributed by atoms with Crippen molar-refractivity contribution in [3.63, 3.8) is 0 Å². The van der Waals surface area contributed by atoms with Gasteiger partial charge >= 0.3 is 0 Å². The van der Waals surface area contributed by atoms with Crippen molar-refractivity contribution in [3.05, 3.63) is 24.3 Å². The number of rotatable bonds is 5. The monoisotopic (exact) mass is 372 g/mol. The van der Waals surface area contributed by atoms with Crippen LogP contribution in [0.2, 0.25) is 0 Å². The maximum absolute atomic E-state index is 12.7. The predicted molar refractivity (Wildman–Crippen MR) is 107 cm³/mol. The number of nitrogens with one attached hydrogen (secondary N) is 1. The standard InChI is InChI=1S/C22H32N2O3/c1-16(2)27-20-11-7-6-10-19(20)23-21(25)17-12-14-24(15-13-17)22(26)18-8-4-3-5-9-18/h6-7,10-11,16-18H,3-5,8-9,12-15H2,1-2H3,(H,23,25). The third-order valence-electron chi connectivity index (χ3n) is 5.64. The molecule has 0 atom stereocenters. The Morgan fingerprint density at radius 2 is 1.67 bits per heavy atom. The molecule has 0 unspecified atom stereocenters. The summed E-state index contributed by atoms with van der Waals surface area (Å²) in [5, 5.41) is 3.03. The summed E-state index contributed by atoms with van der Waals surface area (Å²) in [5.74, 6) is 1.20. The van der Waals surface area contributed by atoms with E-state index >= 15 is 0 Å². The van der Waals surface area contributed by atoms with Crippen LogP contribution in [-0.2, 0) is 9.59 Å². The lowest BCUT2D eigenvalue weighted by molar-refractivity contribution is -0.139. The lowest BCUT2D eigenvalue weighted by atomic mass is 9.87. The van der Waals surface area contributed by atoms with Gasteiger partial charge in [-0.2, -0.15) is 0 Å². The van der Waals surface area contributed by atoms with Crippen molar-refractivity contribution in [2.45, 2.75) is 64.9 Å². The van der Waals surface area contributed by atoms with E-state index < -0.39 is 0 Å². The van der Waals surface area contributed by atoms with Crippen LogP contribution in [0.1, 0.15) is 58.8 Å². The Bertz CT molecular complexity index is 645. The molecule has 0 spiro atoms. The van der Waals surface area contributed by atoms with Crippen LogP contribution in [0, 0.1) is 11.8 Å². The zero-order chi connectivity index (χ0) is 19.2. The molecule has 1 aliphatic carbocycles. The SMILES string of the molecule is CC(C)Oc1ccccc1NC(=O)C1CCN(C(=O)C2CCCCC2)CC1. The third kappa shape index (κ3) is 5.24. The molecule has 1 N–H and O–H groups in total. The zero-order valence-electron chi connectivity index (χ0n) is 16.6. The highest BCUT2D eigenvalue weighted by Gasteiger charge is 2.31. The van der Waals surface area contributed by atoms with Crippen LogP contribution in [0.5, 0.6) is 5.75 Å². The fourth-order valence-electron chi connectivity index (χ4n) is 4.13. The fraction of sp³-hybridized carbons (Fsp3) is 0.636. The average Bonchev–Trinajstić information content (AvgIpc) is 2.69. The van der Waals surface area contributed by atoms with Crippen LogP contribution in [0.3, 0.4) is 0 Å². The zero-order valence-corrected chi connectivity index (χ0v) is 16.6. The molecule has 1 heterocycles. The Morgan fingerprint density at radius 1 is 1.00 bits per heavy atom. The van der Waals surface area contributed by atoms with Gasteiger partial charge in [0.15, 0.2) is 0 Å². The van der Waals surface area contributed by atoms with Crippen molar-refractivity contribution in [2.24, 2.45) is 11.8 Å².